The summed E-state index contributed by atoms with van der Waals surface area (Å²) in [6.07, 6.45) is 0. The Morgan fingerprint density at radius 1 is 1.12 bits per heavy atom. The van der Waals surface area contributed by atoms with Crippen molar-refractivity contribution in [2.45, 2.75) is 32.7 Å². The molecule has 3 rings (SSSR count). The maximum atomic E-state index is 13.3. The summed E-state index contributed by atoms with van der Waals surface area (Å²) in [4.78, 5) is 15.1. The van der Waals surface area contributed by atoms with E-state index >= 15 is 0 Å². The van der Waals surface area contributed by atoms with E-state index in [9.17, 15) is 4.79 Å². The van der Waals surface area contributed by atoms with Gasteiger partial charge in [-0.2, -0.15) is 0 Å². The first-order chi connectivity index (χ1) is 12.4. The minimum absolute atomic E-state index is 0.0663. The molecule has 26 heavy (non-hydrogen) atoms. The lowest BCUT2D eigenvalue weighted by Crippen LogP contribution is -2.43. The number of hydrogen-bond donors (Lipinski definition) is 0. The molecule has 0 fully saturated rings. The Balaban J connectivity index is 1.84. The highest BCUT2D eigenvalue weighted by atomic mass is 35.5. The number of fused-ring (bicyclic) bond motifs is 1. The van der Waals surface area contributed by atoms with Gasteiger partial charge < -0.3 is 14.4 Å². The van der Waals surface area contributed by atoms with Gasteiger partial charge in [0.2, 0.25) is 5.91 Å². The maximum absolute atomic E-state index is 13.3. The predicted octanol–water partition coefficient (Wildman–Crippen LogP) is 4.44. The number of halogens is 1. The molecule has 0 aliphatic carbocycles. The number of nitrogens with zero attached hydrogens (tertiary/aromatic N) is 1. The monoisotopic (exact) mass is 373 g/mol. The van der Waals surface area contributed by atoms with Crippen LogP contribution in [0.25, 0.3) is 0 Å². The number of carbonyl (C=O) groups excluding carboxylic acids is 1. The zero-order valence-electron chi connectivity index (χ0n) is 15.4. The van der Waals surface area contributed by atoms with Crippen LogP contribution in [-0.4, -0.2) is 30.6 Å². The molecule has 2 aromatic rings. The van der Waals surface area contributed by atoms with Crippen molar-refractivity contribution in [3.8, 4) is 11.5 Å². The van der Waals surface area contributed by atoms with Crippen LogP contribution in [0.5, 0.6) is 11.5 Å². The van der Waals surface area contributed by atoms with Crippen molar-refractivity contribution in [3.63, 3.8) is 0 Å². The first kappa shape index (κ1) is 18.6. The van der Waals surface area contributed by atoms with Crippen molar-refractivity contribution in [2.75, 3.05) is 19.8 Å². The van der Waals surface area contributed by atoms with Gasteiger partial charge >= 0.3 is 0 Å². The lowest BCUT2D eigenvalue weighted by Gasteiger charge is -2.32. The Bertz CT molecular complexity index is 786. The standard InChI is InChI=1S/C21H24ClNO3/c1-4-23(14-15-6-5-7-18-19(15)26-13-12-25-18)20(24)21(2,3)16-8-10-17(22)11-9-16/h5-11H,4,12-14H2,1-3H3. The molecule has 0 atom stereocenters. The summed E-state index contributed by atoms with van der Waals surface area (Å²) in [5, 5.41) is 0.664. The normalized spacial score (nSPS) is 13.4. The molecule has 0 bridgehead atoms. The minimum atomic E-state index is -0.646. The Hall–Kier alpha value is -2.20. The van der Waals surface area contributed by atoms with Crippen molar-refractivity contribution in [2.24, 2.45) is 0 Å². The van der Waals surface area contributed by atoms with Gasteiger partial charge in [-0.25, -0.2) is 0 Å². The van der Waals surface area contributed by atoms with Gasteiger partial charge in [-0.05, 0) is 44.5 Å². The van der Waals surface area contributed by atoms with Gasteiger partial charge in [0.15, 0.2) is 11.5 Å². The van der Waals surface area contributed by atoms with Crippen molar-refractivity contribution < 1.29 is 14.3 Å². The van der Waals surface area contributed by atoms with Gasteiger partial charge in [0.1, 0.15) is 13.2 Å². The largest absolute Gasteiger partial charge is 0.486 e. The van der Waals surface area contributed by atoms with Gasteiger partial charge in [-0.15, -0.1) is 0 Å². The molecule has 1 heterocycles. The van der Waals surface area contributed by atoms with Crippen LogP contribution < -0.4 is 9.47 Å². The summed E-state index contributed by atoms with van der Waals surface area (Å²) in [6.45, 7) is 8.06. The highest BCUT2D eigenvalue weighted by molar-refractivity contribution is 6.30. The molecule has 138 valence electrons. The fourth-order valence-electron chi connectivity index (χ4n) is 3.18. The van der Waals surface area contributed by atoms with Crippen LogP contribution >= 0.6 is 11.6 Å². The molecular weight excluding hydrogens is 350 g/mol. The van der Waals surface area contributed by atoms with Crippen molar-refractivity contribution in [1.29, 1.82) is 0 Å². The number of ether oxygens (including phenoxy) is 2. The molecule has 1 amide bonds. The first-order valence-electron chi connectivity index (χ1n) is 8.86. The topological polar surface area (TPSA) is 38.8 Å². The van der Waals surface area contributed by atoms with E-state index in [2.05, 4.69) is 0 Å². The molecule has 0 aromatic heterocycles. The second kappa shape index (κ2) is 7.58. The van der Waals surface area contributed by atoms with Crippen LogP contribution in [0.1, 0.15) is 31.9 Å². The number of likely N-dealkylation sites (N-methyl/N-ethyl adjacent to an activating group) is 1. The van der Waals surface area contributed by atoms with Gasteiger partial charge in [0, 0.05) is 23.7 Å². The van der Waals surface area contributed by atoms with Gasteiger partial charge in [0.25, 0.3) is 0 Å². The zero-order chi connectivity index (χ0) is 18.7. The van der Waals surface area contributed by atoms with Gasteiger partial charge in [0.05, 0.1) is 5.41 Å². The zero-order valence-corrected chi connectivity index (χ0v) is 16.2. The lowest BCUT2D eigenvalue weighted by molar-refractivity contribution is -0.136. The summed E-state index contributed by atoms with van der Waals surface area (Å²) >= 11 is 5.98. The SMILES string of the molecule is CCN(Cc1cccc2c1OCCO2)C(=O)C(C)(C)c1ccc(Cl)cc1. The first-order valence-corrected chi connectivity index (χ1v) is 9.24. The molecule has 5 heteroatoms. The van der Waals surface area contributed by atoms with Crippen LogP contribution in [0.15, 0.2) is 42.5 Å². The summed E-state index contributed by atoms with van der Waals surface area (Å²) in [5.41, 5.74) is 1.26. The molecule has 0 unspecified atom stereocenters. The molecule has 0 radical (unpaired) electrons. The fraction of sp³-hybridized carbons (Fsp3) is 0.381. The number of amides is 1. The van der Waals surface area contributed by atoms with Crippen LogP contribution in [0.3, 0.4) is 0 Å². The van der Waals surface area contributed by atoms with Gasteiger partial charge in [-0.3, -0.25) is 4.79 Å². The van der Waals surface area contributed by atoms with E-state index in [0.29, 0.717) is 31.3 Å². The molecule has 0 saturated carbocycles. The van der Waals surface area contributed by atoms with Crippen molar-refractivity contribution in [3.05, 3.63) is 58.6 Å². The quantitative estimate of drug-likeness (QED) is 0.777. The molecule has 0 N–H and O–H groups in total. The number of hydrogen-bond acceptors (Lipinski definition) is 3. The lowest BCUT2D eigenvalue weighted by atomic mass is 9.83. The number of benzene rings is 2. The Morgan fingerprint density at radius 3 is 2.50 bits per heavy atom. The Morgan fingerprint density at radius 2 is 1.81 bits per heavy atom. The summed E-state index contributed by atoms with van der Waals surface area (Å²) in [7, 11) is 0. The second-order valence-corrected chi connectivity index (χ2v) is 7.33. The molecule has 1 aliphatic rings. The number of rotatable bonds is 5. The van der Waals surface area contributed by atoms with E-state index in [1.807, 2.05) is 68.1 Å². The molecule has 2 aromatic carbocycles. The number of carbonyl (C=O) groups is 1. The third kappa shape index (κ3) is 3.65. The minimum Gasteiger partial charge on any atom is -0.486 e. The Kier molecular flexibility index (Phi) is 5.42. The molecule has 0 spiro atoms. The molecule has 1 aliphatic heterocycles. The molecule has 4 nitrogen and oxygen atoms in total. The van der Waals surface area contributed by atoms with Crippen LogP contribution in [-0.2, 0) is 16.8 Å². The van der Waals surface area contributed by atoms with E-state index < -0.39 is 5.41 Å². The summed E-state index contributed by atoms with van der Waals surface area (Å²) in [6, 6.07) is 13.3. The summed E-state index contributed by atoms with van der Waals surface area (Å²) in [5.74, 6) is 1.56. The third-order valence-electron chi connectivity index (χ3n) is 4.78. The maximum Gasteiger partial charge on any atom is 0.232 e. The average molecular weight is 374 g/mol. The summed E-state index contributed by atoms with van der Waals surface area (Å²) < 4.78 is 11.4. The van der Waals surface area contributed by atoms with E-state index in [0.717, 1.165) is 22.6 Å². The smallest absolute Gasteiger partial charge is 0.232 e. The molecular formula is C21H24ClNO3. The highest BCUT2D eigenvalue weighted by Gasteiger charge is 2.33. The molecule has 0 saturated heterocycles. The van der Waals surface area contributed by atoms with Crippen molar-refractivity contribution in [1.82, 2.24) is 4.90 Å². The highest BCUT2D eigenvalue weighted by Crippen LogP contribution is 2.35. The van der Waals surface area contributed by atoms with Crippen LogP contribution in [0.4, 0.5) is 0 Å². The van der Waals surface area contributed by atoms with E-state index in [-0.39, 0.29) is 5.91 Å². The average Bonchev–Trinajstić information content (AvgIpc) is 2.66. The van der Waals surface area contributed by atoms with E-state index in [1.54, 1.807) is 0 Å². The predicted molar refractivity (Wildman–Crippen MR) is 103 cm³/mol. The van der Waals surface area contributed by atoms with Crippen molar-refractivity contribution >= 4 is 17.5 Å². The van der Waals surface area contributed by atoms with Crippen LogP contribution in [0.2, 0.25) is 5.02 Å². The van der Waals surface area contributed by atoms with Gasteiger partial charge in [-0.1, -0.05) is 35.9 Å². The number of para-hydroxylation sites is 1. The van der Waals surface area contributed by atoms with E-state index in [1.165, 1.54) is 0 Å². The third-order valence-corrected chi connectivity index (χ3v) is 5.03. The van der Waals surface area contributed by atoms with Crippen LogP contribution in [0, 0.1) is 0 Å². The Labute approximate surface area is 159 Å². The fourth-order valence-corrected chi connectivity index (χ4v) is 3.30. The van der Waals surface area contributed by atoms with E-state index in [4.69, 9.17) is 21.1 Å². The second-order valence-electron chi connectivity index (χ2n) is 6.89.